The summed E-state index contributed by atoms with van der Waals surface area (Å²) in [5, 5.41) is 0.662. The third kappa shape index (κ3) is 2.30. The van der Waals surface area contributed by atoms with E-state index in [4.69, 9.17) is 11.6 Å². The van der Waals surface area contributed by atoms with Gasteiger partial charge in [-0.25, -0.2) is 0 Å². The van der Waals surface area contributed by atoms with Crippen molar-refractivity contribution in [3.8, 4) is 0 Å². The summed E-state index contributed by atoms with van der Waals surface area (Å²) >= 11 is 5.94. The lowest BCUT2D eigenvalue weighted by molar-refractivity contribution is 0.0951. The Labute approximate surface area is 102 Å². The van der Waals surface area contributed by atoms with Gasteiger partial charge in [-0.1, -0.05) is 31.5 Å². The van der Waals surface area contributed by atoms with Gasteiger partial charge in [0.1, 0.15) is 0 Å². The van der Waals surface area contributed by atoms with Gasteiger partial charge in [0.15, 0.2) is 5.78 Å². The van der Waals surface area contributed by atoms with Crippen LogP contribution in [0.3, 0.4) is 0 Å². The van der Waals surface area contributed by atoms with E-state index in [0.29, 0.717) is 23.3 Å². The highest BCUT2D eigenvalue weighted by molar-refractivity contribution is 6.31. The molecule has 2 heteroatoms. The summed E-state index contributed by atoms with van der Waals surface area (Å²) in [6.45, 7) is 4.39. The Bertz CT molecular complexity index is 409. The number of halogens is 1. The normalized spacial score (nSPS) is 20.8. The molecule has 1 aromatic carbocycles. The smallest absolute Gasteiger partial charge is 0.163 e. The second-order valence-electron chi connectivity index (χ2n) is 4.97. The number of carbonyl (C=O) groups excluding carboxylic acids is 1. The molecule has 1 nitrogen and oxygen atoms in total. The van der Waals surface area contributed by atoms with Crippen LogP contribution in [0.15, 0.2) is 18.2 Å². The van der Waals surface area contributed by atoms with E-state index in [1.165, 1.54) is 0 Å². The Balaban J connectivity index is 2.32. The number of fused-ring (bicyclic) bond motifs is 1. The highest BCUT2D eigenvalue weighted by Crippen LogP contribution is 2.30. The maximum absolute atomic E-state index is 12.1. The summed E-state index contributed by atoms with van der Waals surface area (Å²) in [6.07, 6.45) is 2.78. The number of rotatable bonds is 1. The molecule has 86 valence electrons. The zero-order valence-corrected chi connectivity index (χ0v) is 10.6. The minimum Gasteiger partial charge on any atom is -0.294 e. The first-order chi connectivity index (χ1) is 7.58. The minimum atomic E-state index is 0.258. The van der Waals surface area contributed by atoms with Gasteiger partial charge in [0.25, 0.3) is 0 Å². The summed E-state index contributed by atoms with van der Waals surface area (Å²) in [5.41, 5.74) is 2.01. The quantitative estimate of drug-likeness (QED) is 0.670. The van der Waals surface area contributed by atoms with Crippen LogP contribution in [0.4, 0.5) is 0 Å². The van der Waals surface area contributed by atoms with Crippen molar-refractivity contribution in [2.45, 2.75) is 33.1 Å². The lowest BCUT2D eigenvalue weighted by atomic mass is 9.88. The monoisotopic (exact) mass is 236 g/mol. The Morgan fingerprint density at radius 3 is 2.81 bits per heavy atom. The maximum atomic E-state index is 12.1. The first-order valence-electron chi connectivity index (χ1n) is 5.89. The van der Waals surface area contributed by atoms with Crippen molar-refractivity contribution >= 4 is 17.4 Å². The van der Waals surface area contributed by atoms with Gasteiger partial charge in [-0.2, -0.15) is 0 Å². The van der Waals surface area contributed by atoms with Crippen LogP contribution >= 0.6 is 11.6 Å². The Morgan fingerprint density at radius 2 is 2.12 bits per heavy atom. The molecule has 2 rings (SSSR count). The first-order valence-corrected chi connectivity index (χ1v) is 6.27. The van der Waals surface area contributed by atoms with E-state index in [1.54, 1.807) is 0 Å². The van der Waals surface area contributed by atoms with Gasteiger partial charge in [0.05, 0.1) is 0 Å². The second-order valence-corrected chi connectivity index (χ2v) is 5.41. The van der Waals surface area contributed by atoms with Crippen molar-refractivity contribution in [3.05, 3.63) is 34.3 Å². The van der Waals surface area contributed by atoms with Gasteiger partial charge in [-0.05, 0) is 42.4 Å². The van der Waals surface area contributed by atoms with Crippen molar-refractivity contribution in [2.75, 3.05) is 0 Å². The molecule has 0 aromatic heterocycles. The molecule has 0 saturated heterocycles. The van der Waals surface area contributed by atoms with Crippen LogP contribution in [0, 0.1) is 11.8 Å². The third-order valence-corrected chi connectivity index (χ3v) is 3.78. The topological polar surface area (TPSA) is 17.1 Å². The fourth-order valence-corrected chi connectivity index (χ4v) is 2.56. The van der Waals surface area contributed by atoms with Gasteiger partial charge in [-0.3, -0.25) is 4.79 Å². The zero-order valence-electron chi connectivity index (χ0n) is 9.79. The van der Waals surface area contributed by atoms with Crippen LogP contribution < -0.4 is 0 Å². The van der Waals surface area contributed by atoms with Gasteiger partial charge >= 0.3 is 0 Å². The molecule has 1 aliphatic rings. The predicted octanol–water partition coefficient (Wildman–Crippen LogP) is 4.13. The molecule has 16 heavy (non-hydrogen) atoms. The molecule has 0 unspecified atom stereocenters. The highest BCUT2D eigenvalue weighted by atomic mass is 35.5. The summed E-state index contributed by atoms with van der Waals surface area (Å²) in [4.78, 5) is 12.1. The average molecular weight is 237 g/mol. The zero-order chi connectivity index (χ0) is 11.7. The van der Waals surface area contributed by atoms with E-state index in [-0.39, 0.29) is 5.78 Å². The molecule has 0 N–H and O–H groups in total. The number of carbonyl (C=O) groups is 1. The SMILES string of the molecule is CC(C)[C@H]1CCc2ccc(Cl)cc2C(=O)C1. The lowest BCUT2D eigenvalue weighted by Gasteiger charge is -2.16. The Kier molecular flexibility index (Phi) is 3.34. The van der Waals surface area contributed by atoms with Gasteiger partial charge < -0.3 is 0 Å². The first kappa shape index (κ1) is 11.7. The van der Waals surface area contributed by atoms with E-state index in [0.717, 1.165) is 24.0 Å². The van der Waals surface area contributed by atoms with Crippen LogP contribution in [-0.2, 0) is 6.42 Å². The van der Waals surface area contributed by atoms with Crippen molar-refractivity contribution in [3.63, 3.8) is 0 Å². The van der Waals surface area contributed by atoms with E-state index >= 15 is 0 Å². The lowest BCUT2D eigenvalue weighted by Crippen LogP contribution is -2.12. The van der Waals surface area contributed by atoms with E-state index < -0.39 is 0 Å². The Morgan fingerprint density at radius 1 is 1.38 bits per heavy atom. The molecule has 1 atom stereocenters. The molecule has 1 aromatic rings. The van der Waals surface area contributed by atoms with Gasteiger partial charge in [0, 0.05) is 17.0 Å². The van der Waals surface area contributed by atoms with Crippen LogP contribution in [0.2, 0.25) is 5.02 Å². The fourth-order valence-electron chi connectivity index (χ4n) is 2.39. The van der Waals surface area contributed by atoms with Crippen LogP contribution in [0.5, 0.6) is 0 Å². The number of hydrogen-bond acceptors (Lipinski definition) is 1. The summed E-state index contributed by atoms with van der Waals surface area (Å²) in [5.74, 6) is 1.35. The predicted molar refractivity (Wildman–Crippen MR) is 67.0 cm³/mol. The van der Waals surface area contributed by atoms with Crippen LogP contribution in [-0.4, -0.2) is 5.78 Å². The van der Waals surface area contributed by atoms with E-state index in [2.05, 4.69) is 13.8 Å². The Hall–Kier alpha value is -0.820. The average Bonchev–Trinajstić information content (AvgIpc) is 2.39. The van der Waals surface area contributed by atoms with Gasteiger partial charge in [0.2, 0.25) is 0 Å². The molecule has 0 bridgehead atoms. The number of hydrogen-bond donors (Lipinski definition) is 0. The molecule has 1 aliphatic carbocycles. The maximum Gasteiger partial charge on any atom is 0.163 e. The van der Waals surface area contributed by atoms with Crippen molar-refractivity contribution < 1.29 is 4.79 Å². The van der Waals surface area contributed by atoms with Crippen molar-refractivity contribution in [1.29, 1.82) is 0 Å². The minimum absolute atomic E-state index is 0.258. The van der Waals surface area contributed by atoms with Crippen molar-refractivity contribution in [2.24, 2.45) is 11.8 Å². The van der Waals surface area contributed by atoms with Crippen LogP contribution in [0.25, 0.3) is 0 Å². The molecule has 0 heterocycles. The molecule has 0 amide bonds. The summed E-state index contributed by atoms with van der Waals surface area (Å²) in [7, 11) is 0. The molecule has 0 radical (unpaired) electrons. The number of benzene rings is 1. The van der Waals surface area contributed by atoms with Crippen molar-refractivity contribution in [1.82, 2.24) is 0 Å². The van der Waals surface area contributed by atoms with Gasteiger partial charge in [-0.15, -0.1) is 0 Å². The number of ketones is 1. The van der Waals surface area contributed by atoms with E-state index in [9.17, 15) is 4.79 Å². The standard InChI is InChI=1S/C14H17ClO/c1-9(2)11-4-3-10-5-6-12(15)8-13(10)14(16)7-11/h5-6,8-9,11H,3-4,7H2,1-2H3/t11-/m0/s1. The molecule has 0 spiro atoms. The third-order valence-electron chi connectivity index (χ3n) is 3.55. The van der Waals surface area contributed by atoms with E-state index in [1.807, 2.05) is 18.2 Å². The van der Waals surface area contributed by atoms with Crippen LogP contribution in [0.1, 0.15) is 42.6 Å². The molecular formula is C14H17ClO. The molecular weight excluding hydrogens is 220 g/mol. The summed E-state index contributed by atoms with van der Waals surface area (Å²) < 4.78 is 0. The second kappa shape index (κ2) is 4.58. The summed E-state index contributed by atoms with van der Waals surface area (Å²) in [6, 6.07) is 5.70. The number of Topliss-reactive ketones (excluding diaryl/α,β-unsaturated/α-hetero) is 1. The molecule has 0 aliphatic heterocycles. The largest absolute Gasteiger partial charge is 0.294 e. The number of aryl methyl sites for hydroxylation is 1. The highest BCUT2D eigenvalue weighted by Gasteiger charge is 2.24. The molecule has 0 fully saturated rings. The molecule has 0 saturated carbocycles. The fraction of sp³-hybridized carbons (Fsp3) is 0.500.